The molecular weight excluding hydrogens is 248 g/mol. The number of rotatable bonds is 7. The van der Waals surface area contributed by atoms with Crippen LogP contribution in [0.15, 0.2) is 11.1 Å². The number of nitrogen functional groups attached to an aromatic ring is 1. The molecule has 0 amide bonds. The number of nitrogens with two attached hydrogens (primary N) is 1. The number of hydrogen-bond donors (Lipinski definition) is 3. The second-order valence-corrected chi connectivity index (χ2v) is 5.32. The molecule has 1 rings (SSSR count). The zero-order valence-electron chi connectivity index (χ0n) is 9.46. The van der Waals surface area contributed by atoms with Crippen LogP contribution < -0.4 is 5.73 Å². The summed E-state index contributed by atoms with van der Waals surface area (Å²) in [6, 6.07) is 0. The van der Waals surface area contributed by atoms with Gasteiger partial charge in [-0.2, -0.15) is 9.40 Å². The summed E-state index contributed by atoms with van der Waals surface area (Å²) in [5.74, 6) is 0.00752. The minimum Gasteiger partial charge on any atom is -0.394 e. The monoisotopic (exact) mass is 264 g/mol. The highest BCUT2D eigenvalue weighted by Crippen LogP contribution is 2.17. The average Bonchev–Trinajstić information content (AvgIpc) is 2.71. The molecule has 0 unspecified atom stereocenters. The number of aromatic amines is 1. The van der Waals surface area contributed by atoms with Gasteiger partial charge in [-0.3, -0.25) is 5.10 Å². The molecular formula is C8H16N4O4S. The van der Waals surface area contributed by atoms with E-state index < -0.39 is 10.0 Å². The van der Waals surface area contributed by atoms with E-state index in [4.69, 9.17) is 15.6 Å². The van der Waals surface area contributed by atoms with Crippen molar-refractivity contribution >= 4 is 15.8 Å². The Morgan fingerprint density at radius 2 is 2.29 bits per heavy atom. The van der Waals surface area contributed by atoms with Crippen molar-refractivity contribution in [3.8, 4) is 0 Å². The third kappa shape index (κ3) is 3.40. The molecule has 0 atom stereocenters. The molecule has 1 aromatic heterocycles. The molecule has 0 bridgehead atoms. The lowest BCUT2D eigenvalue weighted by Gasteiger charge is -2.16. The Balaban J connectivity index is 2.62. The third-order valence-electron chi connectivity index (χ3n) is 2.11. The Bertz CT molecular complexity index is 444. The first kappa shape index (κ1) is 13.9. The van der Waals surface area contributed by atoms with Gasteiger partial charge in [-0.05, 0) is 0 Å². The van der Waals surface area contributed by atoms with Gasteiger partial charge in [0.15, 0.2) is 0 Å². The first-order valence-corrected chi connectivity index (χ1v) is 6.38. The van der Waals surface area contributed by atoms with Crippen LogP contribution in [0.4, 0.5) is 5.82 Å². The highest BCUT2D eigenvalue weighted by atomic mass is 32.2. The smallest absolute Gasteiger partial charge is 0.248 e. The highest BCUT2D eigenvalue weighted by molar-refractivity contribution is 7.89. The minimum absolute atomic E-state index is 0.00752. The normalized spacial score (nSPS) is 12.2. The summed E-state index contributed by atoms with van der Waals surface area (Å²) in [7, 11) is -2.22. The number of hydrogen-bond acceptors (Lipinski definition) is 6. The van der Waals surface area contributed by atoms with Crippen molar-refractivity contribution < 1.29 is 18.3 Å². The number of anilines is 1. The summed E-state index contributed by atoms with van der Waals surface area (Å²) in [5, 5.41) is 14.4. The summed E-state index contributed by atoms with van der Waals surface area (Å²) in [5.41, 5.74) is 5.45. The average molecular weight is 264 g/mol. The van der Waals surface area contributed by atoms with Gasteiger partial charge in [0.05, 0.1) is 26.0 Å². The predicted molar refractivity (Wildman–Crippen MR) is 60.7 cm³/mol. The van der Waals surface area contributed by atoms with Crippen LogP contribution in [0.5, 0.6) is 0 Å². The molecule has 98 valence electrons. The van der Waals surface area contributed by atoms with Gasteiger partial charge in [0.1, 0.15) is 10.7 Å². The molecule has 1 aromatic rings. The van der Waals surface area contributed by atoms with E-state index in [0.717, 1.165) is 10.5 Å². The topological polar surface area (TPSA) is 122 Å². The lowest BCUT2D eigenvalue weighted by molar-refractivity contribution is 0.0877. The summed E-state index contributed by atoms with van der Waals surface area (Å²) >= 11 is 0. The summed E-state index contributed by atoms with van der Waals surface area (Å²) in [4.78, 5) is -0.0536. The Morgan fingerprint density at radius 1 is 1.59 bits per heavy atom. The molecule has 0 aromatic carbocycles. The van der Waals surface area contributed by atoms with Crippen LogP contribution >= 0.6 is 0 Å². The Labute approximate surface area is 99.4 Å². The maximum absolute atomic E-state index is 12.0. The van der Waals surface area contributed by atoms with E-state index in [9.17, 15) is 8.42 Å². The number of nitrogens with zero attached hydrogens (tertiary/aromatic N) is 2. The van der Waals surface area contributed by atoms with Crippen molar-refractivity contribution in [2.45, 2.75) is 4.90 Å². The molecule has 4 N–H and O–H groups in total. The Kier molecular flexibility index (Phi) is 4.87. The number of aromatic nitrogens is 2. The Morgan fingerprint density at radius 3 is 2.82 bits per heavy atom. The fourth-order valence-corrected chi connectivity index (χ4v) is 2.30. The number of likely N-dealkylation sites (N-methyl/N-ethyl adjacent to an activating group) is 1. The van der Waals surface area contributed by atoms with E-state index in [0.29, 0.717) is 0 Å². The third-order valence-corrected chi connectivity index (χ3v) is 3.99. The van der Waals surface area contributed by atoms with Crippen LogP contribution in [-0.2, 0) is 14.8 Å². The SMILES string of the molecule is CN(CCOCCO)S(=O)(=O)c1cn[nH]c1N. The van der Waals surface area contributed by atoms with Gasteiger partial charge in [0, 0.05) is 13.6 Å². The van der Waals surface area contributed by atoms with Gasteiger partial charge in [0.2, 0.25) is 10.0 Å². The summed E-state index contributed by atoms with van der Waals surface area (Å²) in [6.45, 7) is 0.466. The lowest BCUT2D eigenvalue weighted by atomic mass is 10.7. The summed E-state index contributed by atoms with van der Waals surface area (Å²) < 4.78 is 30.0. The zero-order chi connectivity index (χ0) is 12.9. The van der Waals surface area contributed by atoms with Crippen LogP contribution in [0.1, 0.15) is 0 Å². The maximum Gasteiger partial charge on any atom is 0.248 e. The molecule has 1 heterocycles. The van der Waals surface area contributed by atoms with Gasteiger partial charge in [-0.1, -0.05) is 0 Å². The number of sulfonamides is 1. The molecule has 0 radical (unpaired) electrons. The molecule has 0 aliphatic rings. The van der Waals surface area contributed by atoms with Gasteiger partial charge in [0.25, 0.3) is 0 Å². The predicted octanol–water partition coefficient (Wildman–Crippen LogP) is -1.38. The van der Waals surface area contributed by atoms with Crippen molar-refractivity contribution in [1.29, 1.82) is 0 Å². The van der Waals surface area contributed by atoms with E-state index in [1.54, 1.807) is 0 Å². The van der Waals surface area contributed by atoms with E-state index in [1.807, 2.05) is 0 Å². The van der Waals surface area contributed by atoms with Crippen LogP contribution in [0.2, 0.25) is 0 Å². The van der Waals surface area contributed by atoms with Crippen LogP contribution in [-0.4, -0.2) is 61.4 Å². The lowest BCUT2D eigenvalue weighted by Crippen LogP contribution is -2.30. The van der Waals surface area contributed by atoms with Crippen molar-refractivity contribution in [2.75, 3.05) is 39.1 Å². The number of nitrogens with one attached hydrogen (secondary N) is 1. The molecule has 9 heteroatoms. The summed E-state index contributed by atoms with van der Waals surface area (Å²) in [6.07, 6.45) is 1.16. The second kappa shape index (κ2) is 5.96. The van der Waals surface area contributed by atoms with Crippen LogP contribution in [0.3, 0.4) is 0 Å². The highest BCUT2D eigenvalue weighted by Gasteiger charge is 2.24. The van der Waals surface area contributed by atoms with Crippen molar-refractivity contribution in [2.24, 2.45) is 0 Å². The number of aliphatic hydroxyl groups is 1. The number of aliphatic hydroxyl groups excluding tert-OH is 1. The Hall–Kier alpha value is -1.16. The first-order valence-electron chi connectivity index (χ1n) is 4.94. The van der Waals surface area contributed by atoms with Gasteiger partial charge in [-0.25, -0.2) is 8.42 Å². The largest absolute Gasteiger partial charge is 0.394 e. The number of H-pyrrole nitrogens is 1. The molecule has 17 heavy (non-hydrogen) atoms. The minimum atomic E-state index is -3.64. The molecule has 8 nitrogen and oxygen atoms in total. The first-order chi connectivity index (χ1) is 8.00. The molecule has 0 spiro atoms. The van der Waals surface area contributed by atoms with Gasteiger partial charge in [-0.15, -0.1) is 0 Å². The van der Waals surface area contributed by atoms with Crippen molar-refractivity contribution in [3.05, 3.63) is 6.20 Å². The molecule has 0 fully saturated rings. The second-order valence-electron chi connectivity index (χ2n) is 3.31. The maximum atomic E-state index is 12.0. The van der Waals surface area contributed by atoms with Crippen molar-refractivity contribution in [1.82, 2.24) is 14.5 Å². The molecule has 0 saturated carbocycles. The standard InChI is InChI=1S/C8H16N4O4S/c1-12(2-4-16-5-3-13)17(14,15)7-6-10-11-8(7)9/h6,13H,2-5H2,1H3,(H3,9,10,11). The number of ether oxygens (including phenoxy) is 1. The fourth-order valence-electron chi connectivity index (χ4n) is 1.14. The van der Waals surface area contributed by atoms with E-state index in [2.05, 4.69) is 10.2 Å². The molecule has 0 aliphatic heterocycles. The van der Waals surface area contributed by atoms with Crippen molar-refractivity contribution in [3.63, 3.8) is 0 Å². The molecule has 0 aliphatic carbocycles. The van der Waals surface area contributed by atoms with Gasteiger partial charge < -0.3 is 15.6 Å². The van der Waals surface area contributed by atoms with Gasteiger partial charge >= 0.3 is 0 Å². The quantitative estimate of drug-likeness (QED) is 0.522. The van der Waals surface area contributed by atoms with E-state index in [1.165, 1.54) is 7.05 Å². The van der Waals surface area contributed by atoms with E-state index in [-0.39, 0.29) is 37.1 Å². The van der Waals surface area contributed by atoms with Crippen LogP contribution in [0.25, 0.3) is 0 Å². The van der Waals surface area contributed by atoms with Crippen LogP contribution in [0, 0.1) is 0 Å². The van der Waals surface area contributed by atoms with E-state index >= 15 is 0 Å². The fraction of sp³-hybridized carbons (Fsp3) is 0.625. The zero-order valence-corrected chi connectivity index (χ0v) is 10.3. The molecule has 0 saturated heterocycles.